The second kappa shape index (κ2) is 11.2. The van der Waals surface area contributed by atoms with E-state index in [1.807, 2.05) is 0 Å². The molecule has 1 heterocycles. The van der Waals surface area contributed by atoms with Crippen LogP contribution in [-0.2, 0) is 14.3 Å². The van der Waals surface area contributed by atoms with Crippen molar-refractivity contribution in [2.24, 2.45) is 5.92 Å². The summed E-state index contributed by atoms with van der Waals surface area (Å²) in [5, 5.41) is 21.3. The summed E-state index contributed by atoms with van der Waals surface area (Å²) in [5.41, 5.74) is 0.244. The molecule has 1 aliphatic carbocycles. The summed E-state index contributed by atoms with van der Waals surface area (Å²) in [5.74, 6) is -0.748. The second-order valence-corrected chi connectivity index (χ2v) is 9.73. The number of alkyl halides is 1. The number of benzene rings is 1. The van der Waals surface area contributed by atoms with Crippen LogP contribution in [0.2, 0.25) is 0 Å². The number of carbonyl (C=O) groups is 2. The second-order valence-electron chi connectivity index (χ2n) is 9.29. The van der Waals surface area contributed by atoms with E-state index in [4.69, 9.17) is 30.9 Å². The highest BCUT2D eigenvalue weighted by Gasteiger charge is 2.46. The van der Waals surface area contributed by atoms with E-state index in [-0.39, 0.29) is 29.8 Å². The minimum Gasteiger partial charge on any atom is -0.485 e. The molecular formula is C25H31ClFNO7. The molecule has 10 heteroatoms. The van der Waals surface area contributed by atoms with E-state index in [0.717, 1.165) is 0 Å². The number of halogens is 2. The third-order valence-corrected chi connectivity index (χ3v) is 6.29. The highest BCUT2D eigenvalue weighted by molar-refractivity contribution is 6.31. The molecule has 5 atom stereocenters. The van der Waals surface area contributed by atoms with Gasteiger partial charge in [-0.3, -0.25) is 9.59 Å². The first kappa shape index (κ1) is 27.3. The molecule has 3 rings (SSSR count). The fraction of sp³-hybridized carbons (Fsp3) is 0.520. The summed E-state index contributed by atoms with van der Waals surface area (Å²) >= 11 is 6.00. The number of carbonyl (C=O) groups excluding carboxylic acids is 2. The lowest BCUT2D eigenvalue weighted by Crippen LogP contribution is -2.55. The van der Waals surface area contributed by atoms with Crippen LogP contribution in [0, 0.1) is 5.92 Å². The zero-order chi connectivity index (χ0) is 25.9. The van der Waals surface area contributed by atoms with E-state index in [1.165, 1.54) is 19.1 Å². The van der Waals surface area contributed by atoms with Gasteiger partial charge < -0.3 is 29.7 Å². The lowest BCUT2D eigenvalue weighted by molar-refractivity contribution is -0.171. The predicted octanol–water partition coefficient (Wildman–Crippen LogP) is 2.97. The van der Waals surface area contributed by atoms with Gasteiger partial charge in [-0.05, 0) is 45.0 Å². The number of aliphatic hydroxyl groups is 2. The van der Waals surface area contributed by atoms with Gasteiger partial charge in [0.1, 0.15) is 36.5 Å². The molecule has 8 nitrogen and oxygen atoms in total. The van der Waals surface area contributed by atoms with Crippen LogP contribution in [-0.4, -0.2) is 65.9 Å². The van der Waals surface area contributed by atoms with Gasteiger partial charge in [-0.2, -0.15) is 0 Å². The minimum absolute atomic E-state index is 0.0552. The molecule has 192 valence electrons. The van der Waals surface area contributed by atoms with E-state index in [0.29, 0.717) is 16.9 Å². The maximum Gasteiger partial charge on any atom is 0.251 e. The molecule has 1 aromatic carbocycles. The van der Waals surface area contributed by atoms with Gasteiger partial charge >= 0.3 is 0 Å². The van der Waals surface area contributed by atoms with E-state index in [1.54, 1.807) is 39.0 Å². The SMILES string of the molecule is CC(=O)c1ccc2c(c1)C(NC(=O)C1=CC(C)C(F)C(Cl)=C1)C(OCOCC(O)CO)C(C)(C)O2. The fourth-order valence-corrected chi connectivity index (χ4v) is 4.40. The number of ether oxygens (including phenoxy) is 3. The van der Waals surface area contributed by atoms with Crippen molar-refractivity contribution in [2.75, 3.05) is 20.0 Å². The lowest BCUT2D eigenvalue weighted by Gasteiger charge is -2.44. The van der Waals surface area contributed by atoms with Crippen molar-refractivity contribution in [3.8, 4) is 5.75 Å². The zero-order valence-corrected chi connectivity index (χ0v) is 20.8. The van der Waals surface area contributed by atoms with Crippen LogP contribution in [0.15, 0.2) is 41.0 Å². The molecule has 5 unspecified atom stereocenters. The van der Waals surface area contributed by atoms with Gasteiger partial charge in [0.05, 0.1) is 24.3 Å². The van der Waals surface area contributed by atoms with Crippen molar-refractivity contribution < 1.29 is 38.4 Å². The van der Waals surface area contributed by atoms with Crippen molar-refractivity contribution >= 4 is 23.3 Å². The average molecular weight is 512 g/mol. The third-order valence-electron chi connectivity index (χ3n) is 5.97. The van der Waals surface area contributed by atoms with Crippen LogP contribution in [0.25, 0.3) is 0 Å². The molecule has 0 saturated heterocycles. The van der Waals surface area contributed by atoms with Crippen LogP contribution in [0.5, 0.6) is 5.75 Å². The van der Waals surface area contributed by atoms with Crippen LogP contribution < -0.4 is 10.1 Å². The Kier molecular flexibility index (Phi) is 8.72. The van der Waals surface area contributed by atoms with Gasteiger partial charge in [0, 0.05) is 22.6 Å². The number of amides is 1. The Morgan fingerprint density at radius 3 is 2.69 bits per heavy atom. The highest BCUT2D eigenvalue weighted by atomic mass is 35.5. The molecular weight excluding hydrogens is 481 g/mol. The standard InChI is InChI=1S/C25H31ClFNO7/c1-13-7-16(9-19(26)21(13)27)24(32)28-22-18-8-15(14(2)30)5-6-20(18)35-25(3,4)23(22)34-12-33-11-17(31)10-29/h5-9,13,17,21-23,29,31H,10-12H2,1-4H3,(H,28,32). The predicted molar refractivity (Wildman–Crippen MR) is 127 cm³/mol. The number of allylic oxidation sites excluding steroid dienone is 2. The van der Waals surface area contributed by atoms with Gasteiger partial charge in [0.15, 0.2) is 5.78 Å². The smallest absolute Gasteiger partial charge is 0.251 e. The molecule has 0 aromatic heterocycles. The van der Waals surface area contributed by atoms with Crippen LogP contribution >= 0.6 is 11.6 Å². The first-order chi connectivity index (χ1) is 16.4. The molecule has 0 bridgehead atoms. The highest BCUT2D eigenvalue weighted by Crippen LogP contribution is 2.42. The van der Waals surface area contributed by atoms with Gasteiger partial charge in [-0.1, -0.05) is 24.6 Å². The lowest BCUT2D eigenvalue weighted by atomic mass is 9.85. The molecule has 0 radical (unpaired) electrons. The van der Waals surface area contributed by atoms with Crippen LogP contribution in [0.3, 0.4) is 0 Å². The number of rotatable bonds is 9. The van der Waals surface area contributed by atoms with Gasteiger partial charge in [-0.25, -0.2) is 4.39 Å². The molecule has 0 fully saturated rings. The molecule has 1 aromatic rings. The Morgan fingerprint density at radius 1 is 1.34 bits per heavy atom. The maximum atomic E-state index is 14.1. The van der Waals surface area contributed by atoms with Crippen molar-refractivity contribution in [3.05, 3.63) is 52.1 Å². The summed E-state index contributed by atoms with van der Waals surface area (Å²) < 4.78 is 31.5. The van der Waals surface area contributed by atoms with Crippen molar-refractivity contribution in [3.63, 3.8) is 0 Å². The number of hydrogen-bond donors (Lipinski definition) is 3. The van der Waals surface area contributed by atoms with E-state index in [9.17, 15) is 19.1 Å². The number of hydrogen-bond acceptors (Lipinski definition) is 7. The van der Waals surface area contributed by atoms with Gasteiger partial charge in [-0.15, -0.1) is 0 Å². The van der Waals surface area contributed by atoms with E-state index in [2.05, 4.69) is 5.32 Å². The fourth-order valence-electron chi connectivity index (χ4n) is 4.08. The summed E-state index contributed by atoms with van der Waals surface area (Å²) in [6.07, 6.45) is -0.397. The monoisotopic (exact) mass is 511 g/mol. The van der Waals surface area contributed by atoms with Crippen LogP contribution in [0.1, 0.15) is 49.7 Å². The number of Topliss-reactive ketones (excluding diaryl/α,β-unsaturated/α-hetero) is 1. The zero-order valence-electron chi connectivity index (χ0n) is 20.1. The Hall–Kier alpha value is -2.30. The molecule has 1 aliphatic heterocycles. The quantitative estimate of drug-likeness (QED) is 0.265. The largest absolute Gasteiger partial charge is 0.485 e. The average Bonchev–Trinajstić information content (AvgIpc) is 2.80. The Bertz CT molecular complexity index is 1030. The number of ketones is 1. The van der Waals surface area contributed by atoms with E-state index < -0.39 is 48.5 Å². The number of fused-ring (bicyclic) bond motifs is 1. The number of nitrogens with one attached hydrogen (secondary N) is 1. The topological polar surface area (TPSA) is 114 Å². The molecule has 0 spiro atoms. The molecule has 1 amide bonds. The maximum absolute atomic E-state index is 14.1. The van der Waals surface area contributed by atoms with Gasteiger partial charge in [0.25, 0.3) is 5.91 Å². The summed E-state index contributed by atoms with van der Waals surface area (Å²) in [4.78, 5) is 25.3. The number of aliphatic hydroxyl groups excluding tert-OH is 2. The van der Waals surface area contributed by atoms with Gasteiger partial charge in [0.2, 0.25) is 0 Å². The third kappa shape index (κ3) is 6.29. The summed E-state index contributed by atoms with van der Waals surface area (Å²) in [7, 11) is 0. The Balaban J connectivity index is 1.93. The van der Waals surface area contributed by atoms with Crippen molar-refractivity contribution in [2.45, 2.75) is 57.7 Å². The molecule has 0 saturated carbocycles. The summed E-state index contributed by atoms with van der Waals surface area (Å²) in [6, 6.07) is 4.19. The van der Waals surface area contributed by atoms with Crippen LogP contribution in [0.4, 0.5) is 4.39 Å². The first-order valence-corrected chi connectivity index (χ1v) is 11.7. The molecule has 3 N–H and O–H groups in total. The molecule has 35 heavy (non-hydrogen) atoms. The Morgan fingerprint density at radius 2 is 2.06 bits per heavy atom. The van der Waals surface area contributed by atoms with Crippen molar-refractivity contribution in [1.29, 1.82) is 0 Å². The normalized spacial score (nSPS) is 26.1. The van der Waals surface area contributed by atoms with Crippen molar-refractivity contribution in [1.82, 2.24) is 5.32 Å². The first-order valence-electron chi connectivity index (χ1n) is 11.3. The minimum atomic E-state index is -1.38. The summed E-state index contributed by atoms with van der Waals surface area (Å²) in [6.45, 7) is 5.78. The molecule has 2 aliphatic rings. The van der Waals surface area contributed by atoms with E-state index >= 15 is 0 Å². The Labute approximate surface area is 208 Å².